The van der Waals surface area contributed by atoms with Gasteiger partial charge in [-0.2, -0.15) is 5.26 Å². The van der Waals surface area contributed by atoms with Gasteiger partial charge >= 0.3 is 0 Å². The van der Waals surface area contributed by atoms with Gasteiger partial charge in [-0.15, -0.1) is 0 Å². The Labute approximate surface area is 124 Å². The van der Waals surface area contributed by atoms with Crippen LogP contribution in [0, 0.1) is 11.3 Å². The Hall–Kier alpha value is -2.39. The monoisotopic (exact) mass is 331 g/mol. The Morgan fingerprint density at radius 2 is 2.15 bits per heavy atom. The lowest BCUT2D eigenvalue weighted by Gasteiger charge is -2.07. The van der Waals surface area contributed by atoms with E-state index in [1.807, 2.05) is 6.07 Å². The van der Waals surface area contributed by atoms with Crippen molar-refractivity contribution in [2.75, 3.05) is 11.9 Å². The first kappa shape index (κ1) is 14.0. The molecule has 2 aromatic rings. The number of nitrogens with zero attached hydrogens (tertiary/aromatic N) is 2. The van der Waals surface area contributed by atoms with Crippen LogP contribution in [0.5, 0.6) is 5.75 Å². The zero-order valence-electron chi connectivity index (χ0n) is 10.3. The van der Waals surface area contributed by atoms with Crippen molar-refractivity contribution in [3.05, 3.63) is 52.8 Å². The summed E-state index contributed by atoms with van der Waals surface area (Å²) in [4.78, 5) is 16.1. The van der Waals surface area contributed by atoms with Gasteiger partial charge in [0.2, 0.25) is 0 Å². The average molecular weight is 332 g/mol. The number of pyridine rings is 1. The Balaban J connectivity index is 2.10. The third-order valence-electron chi connectivity index (χ3n) is 2.34. The fourth-order valence-electron chi connectivity index (χ4n) is 1.51. The van der Waals surface area contributed by atoms with Gasteiger partial charge in [-0.1, -0.05) is 12.1 Å². The van der Waals surface area contributed by atoms with Gasteiger partial charge in [0.1, 0.15) is 22.1 Å². The van der Waals surface area contributed by atoms with E-state index in [1.54, 1.807) is 42.5 Å². The predicted octanol–water partition coefficient (Wildman–Crippen LogP) is 3.00. The van der Waals surface area contributed by atoms with Crippen LogP contribution in [0.2, 0.25) is 0 Å². The number of ether oxygens (including phenoxy) is 1. The van der Waals surface area contributed by atoms with Crippen molar-refractivity contribution in [2.24, 2.45) is 0 Å². The van der Waals surface area contributed by atoms with E-state index in [4.69, 9.17) is 10.00 Å². The smallest absolute Gasteiger partial charge is 0.274 e. The molecule has 0 fully saturated rings. The maximum Gasteiger partial charge on any atom is 0.274 e. The van der Waals surface area contributed by atoms with Crippen LogP contribution in [-0.2, 0) is 0 Å². The van der Waals surface area contributed by atoms with Crippen LogP contribution < -0.4 is 10.1 Å². The zero-order chi connectivity index (χ0) is 14.4. The lowest BCUT2D eigenvalue weighted by molar-refractivity contribution is 0.102. The topological polar surface area (TPSA) is 75.0 Å². The van der Waals surface area contributed by atoms with Gasteiger partial charge in [0.25, 0.3) is 5.91 Å². The van der Waals surface area contributed by atoms with E-state index in [-0.39, 0.29) is 12.5 Å². The number of halogens is 1. The molecule has 1 amide bonds. The molecule has 0 unspecified atom stereocenters. The minimum absolute atomic E-state index is 0.0371. The van der Waals surface area contributed by atoms with Crippen molar-refractivity contribution >= 4 is 27.5 Å². The molecule has 0 aliphatic carbocycles. The standard InChI is InChI=1S/C14H10BrN3O2/c15-13-6-2-5-12(18-13)14(19)17-10-3-1-4-11(9-10)20-8-7-16/h1-6,9H,8H2,(H,17,19). The van der Waals surface area contributed by atoms with E-state index >= 15 is 0 Å². The van der Waals surface area contributed by atoms with Crippen LogP contribution in [0.15, 0.2) is 47.1 Å². The van der Waals surface area contributed by atoms with Crippen molar-refractivity contribution in [3.8, 4) is 11.8 Å². The van der Waals surface area contributed by atoms with E-state index in [2.05, 4.69) is 26.2 Å². The van der Waals surface area contributed by atoms with Gasteiger partial charge in [-0.25, -0.2) is 4.98 Å². The van der Waals surface area contributed by atoms with Crippen LogP contribution in [-0.4, -0.2) is 17.5 Å². The zero-order valence-corrected chi connectivity index (χ0v) is 11.9. The van der Waals surface area contributed by atoms with Crippen LogP contribution in [0.4, 0.5) is 5.69 Å². The van der Waals surface area contributed by atoms with Gasteiger partial charge in [0.15, 0.2) is 6.61 Å². The summed E-state index contributed by atoms with van der Waals surface area (Å²) >= 11 is 3.21. The molecule has 5 nitrogen and oxygen atoms in total. The third-order valence-corrected chi connectivity index (χ3v) is 2.78. The first-order valence-corrected chi connectivity index (χ1v) is 6.52. The second-order valence-electron chi connectivity index (χ2n) is 3.77. The fourth-order valence-corrected chi connectivity index (χ4v) is 1.85. The number of nitrogens with one attached hydrogen (secondary N) is 1. The molecular formula is C14H10BrN3O2. The van der Waals surface area contributed by atoms with E-state index < -0.39 is 0 Å². The summed E-state index contributed by atoms with van der Waals surface area (Å²) < 4.78 is 5.76. The van der Waals surface area contributed by atoms with Gasteiger partial charge in [-0.05, 0) is 40.2 Å². The Morgan fingerprint density at radius 3 is 2.90 bits per heavy atom. The molecule has 0 aliphatic heterocycles. The number of anilines is 1. The normalized spacial score (nSPS) is 9.60. The van der Waals surface area contributed by atoms with Crippen LogP contribution in [0.3, 0.4) is 0 Å². The molecule has 2 rings (SSSR count). The highest BCUT2D eigenvalue weighted by molar-refractivity contribution is 9.10. The number of amides is 1. The molecule has 0 spiro atoms. The molecule has 1 heterocycles. The summed E-state index contributed by atoms with van der Waals surface area (Å²) in [6, 6.07) is 13.8. The number of hydrogen-bond acceptors (Lipinski definition) is 4. The van der Waals surface area contributed by atoms with E-state index in [1.165, 1.54) is 0 Å². The molecule has 1 aromatic heterocycles. The highest BCUT2D eigenvalue weighted by Crippen LogP contribution is 2.18. The molecule has 0 saturated heterocycles. The molecule has 1 aromatic carbocycles. The Morgan fingerprint density at radius 1 is 1.35 bits per heavy atom. The second kappa shape index (κ2) is 6.68. The van der Waals surface area contributed by atoms with Gasteiger partial charge in [0.05, 0.1) is 0 Å². The van der Waals surface area contributed by atoms with Crippen molar-refractivity contribution in [2.45, 2.75) is 0 Å². The van der Waals surface area contributed by atoms with Crippen molar-refractivity contribution < 1.29 is 9.53 Å². The van der Waals surface area contributed by atoms with Gasteiger partial charge in [-0.3, -0.25) is 4.79 Å². The molecule has 1 N–H and O–H groups in total. The number of hydrogen-bond donors (Lipinski definition) is 1. The van der Waals surface area contributed by atoms with Gasteiger partial charge < -0.3 is 10.1 Å². The van der Waals surface area contributed by atoms with E-state index in [9.17, 15) is 4.79 Å². The maximum absolute atomic E-state index is 12.0. The highest BCUT2D eigenvalue weighted by atomic mass is 79.9. The third kappa shape index (κ3) is 3.80. The summed E-state index contributed by atoms with van der Waals surface area (Å²) in [7, 11) is 0. The van der Waals surface area contributed by atoms with E-state index in [0.717, 1.165) is 0 Å². The summed E-state index contributed by atoms with van der Waals surface area (Å²) in [5.41, 5.74) is 0.884. The molecule has 6 heteroatoms. The summed E-state index contributed by atoms with van der Waals surface area (Å²) in [5.74, 6) is 0.204. The molecule has 0 saturated carbocycles. The van der Waals surface area contributed by atoms with Crippen molar-refractivity contribution in [1.82, 2.24) is 4.98 Å². The number of benzene rings is 1. The molecular weight excluding hydrogens is 322 g/mol. The fraction of sp³-hybridized carbons (Fsp3) is 0.0714. The minimum atomic E-state index is -0.316. The second-order valence-corrected chi connectivity index (χ2v) is 4.59. The van der Waals surface area contributed by atoms with Crippen LogP contribution in [0.1, 0.15) is 10.5 Å². The summed E-state index contributed by atoms with van der Waals surface area (Å²) in [6.45, 7) is -0.0371. The molecule has 0 radical (unpaired) electrons. The minimum Gasteiger partial charge on any atom is -0.479 e. The van der Waals surface area contributed by atoms with Crippen LogP contribution >= 0.6 is 15.9 Å². The van der Waals surface area contributed by atoms with Crippen LogP contribution in [0.25, 0.3) is 0 Å². The van der Waals surface area contributed by atoms with Crippen molar-refractivity contribution in [3.63, 3.8) is 0 Å². The summed E-state index contributed by atoms with van der Waals surface area (Å²) in [5, 5.41) is 11.2. The lowest BCUT2D eigenvalue weighted by atomic mass is 10.2. The average Bonchev–Trinajstić information content (AvgIpc) is 2.45. The highest BCUT2D eigenvalue weighted by Gasteiger charge is 2.08. The number of rotatable bonds is 4. The van der Waals surface area contributed by atoms with E-state index in [0.29, 0.717) is 21.7 Å². The quantitative estimate of drug-likeness (QED) is 0.874. The van der Waals surface area contributed by atoms with Gasteiger partial charge in [0, 0.05) is 11.8 Å². The predicted molar refractivity (Wildman–Crippen MR) is 77.4 cm³/mol. The first-order valence-electron chi connectivity index (χ1n) is 5.73. The Bertz CT molecular complexity index is 667. The molecule has 0 bridgehead atoms. The maximum atomic E-state index is 12.0. The first-order chi connectivity index (χ1) is 9.69. The Kier molecular flexibility index (Phi) is 4.69. The summed E-state index contributed by atoms with van der Waals surface area (Å²) in [6.07, 6.45) is 0. The number of nitriles is 1. The largest absolute Gasteiger partial charge is 0.479 e. The number of carbonyl (C=O) groups is 1. The number of carbonyl (C=O) groups excluding carboxylic acids is 1. The molecule has 0 atom stereocenters. The molecule has 100 valence electrons. The lowest BCUT2D eigenvalue weighted by Crippen LogP contribution is -2.13. The molecule has 20 heavy (non-hydrogen) atoms. The molecule has 0 aliphatic rings. The SMILES string of the molecule is N#CCOc1cccc(NC(=O)c2cccc(Br)n2)c1. The number of aromatic nitrogens is 1. The van der Waals surface area contributed by atoms with Crippen molar-refractivity contribution in [1.29, 1.82) is 5.26 Å².